The number of carbonyl (C=O) groups excluding carboxylic acids is 2. The van der Waals surface area contributed by atoms with Crippen molar-refractivity contribution in [2.75, 3.05) is 11.9 Å². The van der Waals surface area contributed by atoms with E-state index in [0.717, 1.165) is 23.2 Å². The second-order valence-corrected chi connectivity index (χ2v) is 6.88. The Hall–Kier alpha value is -2.62. The molecule has 0 radical (unpaired) electrons. The van der Waals surface area contributed by atoms with Crippen molar-refractivity contribution in [3.8, 4) is 0 Å². The van der Waals surface area contributed by atoms with Gasteiger partial charge in [0.05, 0.1) is 6.42 Å². The second kappa shape index (κ2) is 10.5. The lowest BCUT2D eigenvalue weighted by Crippen LogP contribution is -2.27. The highest BCUT2D eigenvalue weighted by Gasteiger charge is 2.09. The third-order valence-electron chi connectivity index (χ3n) is 4.62. The maximum Gasteiger partial charge on any atom is 0.228 e. The highest BCUT2D eigenvalue weighted by molar-refractivity contribution is 5.92. The molecule has 0 spiro atoms. The summed E-state index contributed by atoms with van der Waals surface area (Å²) in [5.41, 5.74) is 4.10. The molecule has 0 fully saturated rings. The second-order valence-electron chi connectivity index (χ2n) is 6.88. The summed E-state index contributed by atoms with van der Waals surface area (Å²) < 4.78 is 0. The Morgan fingerprint density at radius 1 is 0.963 bits per heavy atom. The molecule has 27 heavy (non-hydrogen) atoms. The number of amides is 2. The van der Waals surface area contributed by atoms with Crippen LogP contribution in [0.4, 0.5) is 5.69 Å². The summed E-state index contributed by atoms with van der Waals surface area (Å²) in [7, 11) is 0. The number of nitrogens with zero attached hydrogens (tertiary/aromatic N) is 1. The Labute approximate surface area is 162 Å². The van der Waals surface area contributed by atoms with Crippen molar-refractivity contribution in [3.05, 3.63) is 65.2 Å². The van der Waals surface area contributed by atoms with Gasteiger partial charge in [-0.1, -0.05) is 49.7 Å². The summed E-state index contributed by atoms with van der Waals surface area (Å²) in [4.78, 5) is 25.7. The van der Waals surface area contributed by atoms with Crippen LogP contribution in [-0.2, 0) is 29.0 Å². The number of hydrogen-bond acceptors (Lipinski definition) is 2. The van der Waals surface area contributed by atoms with Crippen LogP contribution < -0.4 is 5.32 Å². The van der Waals surface area contributed by atoms with Crippen molar-refractivity contribution >= 4 is 17.5 Å². The van der Waals surface area contributed by atoms with Crippen LogP contribution in [0.3, 0.4) is 0 Å². The summed E-state index contributed by atoms with van der Waals surface area (Å²) >= 11 is 0. The number of benzene rings is 2. The lowest BCUT2D eigenvalue weighted by atomic mass is 10.0. The van der Waals surface area contributed by atoms with Gasteiger partial charge in [0.25, 0.3) is 0 Å². The fourth-order valence-corrected chi connectivity index (χ4v) is 3.01. The number of hydrogen-bond donors (Lipinski definition) is 1. The largest absolute Gasteiger partial charge is 0.339 e. The summed E-state index contributed by atoms with van der Waals surface area (Å²) in [5, 5.41) is 2.96. The van der Waals surface area contributed by atoms with Crippen LogP contribution >= 0.6 is 0 Å². The summed E-state index contributed by atoms with van der Waals surface area (Å²) in [5.74, 6) is 0.0155. The molecule has 0 aliphatic carbocycles. The van der Waals surface area contributed by atoms with Gasteiger partial charge in [-0.15, -0.1) is 0 Å². The summed E-state index contributed by atoms with van der Waals surface area (Å²) in [6, 6.07) is 16.0. The fraction of sp³-hybridized carbons (Fsp3) is 0.391. The average molecular weight is 367 g/mol. The van der Waals surface area contributed by atoms with Crippen LogP contribution in [0.15, 0.2) is 48.5 Å². The molecule has 0 unspecified atom stereocenters. The zero-order chi connectivity index (χ0) is 19.6. The highest BCUT2D eigenvalue weighted by atomic mass is 16.2. The number of unbranched alkanes of at least 4 members (excludes halogenated alkanes) is 1. The first kappa shape index (κ1) is 20.7. The predicted octanol–water partition coefficient (Wildman–Crippen LogP) is 4.58. The van der Waals surface area contributed by atoms with Gasteiger partial charge in [0.2, 0.25) is 11.8 Å². The smallest absolute Gasteiger partial charge is 0.228 e. The van der Waals surface area contributed by atoms with Gasteiger partial charge >= 0.3 is 0 Å². The molecule has 4 heteroatoms. The molecule has 0 bridgehead atoms. The van der Waals surface area contributed by atoms with Gasteiger partial charge in [-0.25, -0.2) is 0 Å². The number of aryl methyl sites for hydroxylation is 1. The van der Waals surface area contributed by atoms with Gasteiger partial charge in [-0.3, -0.25) is 9.59 Å². The minimum Gasteiger partial charge on any atom is -0.339 e. The first-order valence-electron chi connectivity index (χ1n) is 9.74. The van der Waals surface area contributed by atoms with E-state index in [1.807, 2.05) is 43.3 Å². The molecule has 2 aromatic carbocycles. The topological polar surface area (TPSA) is 49.4 Å². The van der Waals surface area contributed by atoms with Crippen LogP contribution in [0.2, 0.25) is 0 Å². The molecule has 2 aromatic rings. The maximum atomic E-state index is 12.4. The summed E-state index contributed by atoms with van der Waals surface area (Å²) in [6.45, 7) is 6.94. The first-order chi connectivity index (χ1) is 13.0. The van der Waals surface area contributed by atoms with Gasteiger partial charge in [0, 0.05) is 25.7 Å². The van der Waals surface area contributed by atoms with Crippen molar-refractivity contribution < 1.29 is 9.59 Å². The lowest BCUT2D eigenvalue weighted by molar-refractivity contribution is -0.129. The van der Waals surface area contributed by atoms with E-state index in [4.69, 9.17) is 0 Å². The number of nitrogens with one attached hydrogen (secondary N) is 1. The summed E-state index contributed by atoms with van der Waals surface area (Å²) in [6.07, 6.45) is 3.82. The fourth-order valence-electron chi connectivity index (χ4n) is 3.01. The van der Waals surface area contributed by atoms with E-state index in [1.165, 1.54) is 18.4 Å². The molecule has 0 aromatic heterocycles. The zero-order valence-corrected chi connectivity index (χ0v) is 16.6. The molecule has 2 rings (SSSR count). The van der Waals surface area contributed by atoms with Crippen LogP contribution in [0.1, 0.15) is 50.3 Å². The van der Waals surface area contributed by atoms with E-state index in [-0.39, 0.29) is 11.8 Å². The van der Waals surface area contributed by atoms with Gasteiger partial charge in [-0.2, -0.15) is 0 Å². The standard InChI is InChI=1S/C23H30N2O2/c1-4-6-8-19-11-13-20(14-12-19)16-23(27)24-22-10-7-9-21(15-22)17-25(5-2)18(3)26/h7,9-15H,4-6,8,16-17H2,1-3H3,(H,24,27). The molecule has 0 heterocycles. The van der Waals surface area contributed by atoms with Crippen LogP contribution in [0.25, 0.3) is 0 Å². The minimum absolute atomic E-state index is 0.0348. The molecule has 1 N–H and O–H groups in total. The Kier molecular flexibility index (Phi) is 8.05. The Morgan fingerprint density at radius 3 is 2.30 bits per heavy atom. The molecule has 0 atom stereocenters. The van der Waals surface area contributed by atoms with Crippen molar-refractivity contribution in [2.45, 2.75) is 53.0 Å². The van der Waals surface area contributed by atoms with E-state index in [9.17, 15) is 9.59 Å². The lowest BCUT2D eigenvalue weighted by Gasteiger charge is -2.19. The number of anilines is 1. The first-order valence-corrected chi connectivity index (χ1v) is 9.74. The van der Waals surface area contributed by atoms with Gasteiger partial charge in [-0.05, 0) is 48.6 Å². The number of carbonyl (C=O) groups is 2. The molecule has 0 saturated carbocycles. The van der Waals surface area contributed by atoms with Crippen LogP contribution in [0, 0.1) is 0 Å². The minimum atomic E-state index is -0.0348. The van der Waals surface area contributed by atoms with Crippen LogP contribution in [-0.4, -0.2) is 23.3 Å². The van der Waals surface area contributed by atoms with Crippen molar-refractivity contribution in [1.82, 2.24) is 4.90 Å². The molecular formula is C23H30N2O2. The molecular weight excluding hydrogens is 336 g/mol. The van der Waals surface area contributed by atoms with Crippen molar-refractivity contribution in [2.24, 2.45) is 0 Å². The van der Waals surface area contributed by atoms with Crippen molar-refractivity contribution in [1.29, 1.82) is 0 Å². The van der Waals surface area contributed by atoms with E-state index < -0.39 is 0 Å². The maximum absolute atomic E-state index is 12.4. The normalized spacial score (nSPS) is 10.5. The van der Waals surface area contributed by atoms with E-state index in [2.05, 4.69) is 24.4 Å². The molecule has 0 aliphatic heterocycles. The average Bonchev–Trinajstić information content (AvgIpc) is 2.65. The zero-order valence-electron chi connectivity index (χ0n) is 16.6. The van der Waals surface area contributed by atoms with Gasteiger partial charge < -0.3 is 10.2 Å². The third-order valence-corrected chi connectivity index (χ3v) is 4.62. The van der Waals surface area contributed by atoms with Crippen molar-refractivity contribution in [3.63, 3.8) is 0 Å². The van der Waals surface area contributed by atoms with E-state index in [0.29, 0.717) is 19.5 Å². The Morgan fingerprint density at radius 2 is 1.67 bits per heavy atom. The molecule has 4 nitrogen and oxygen atoms in total. The SMILES string of the molecule is CCCCc1ccc(CC(=O)Nc2cccc(CN(CC)C(C)=O)c2)cc1. The molecule has 2 amide bonds. The Bertz CT molecular complexity index is 753. The van der Waals surface area contributed by atoms with E-state index >= 15 is 0 Å². The molecule has 144 valence electrons. The highest BCUT2D eigenvalue weighted by Crippen LogP contribution is 2.14. The Balaban J connectivity index is 1.93. The number of rotatable bonds is 9. The predicted molar refractivity (Wildman–Crippen MR) is 111 cm³/mol. The van der Waals surface area contributed by atoms with Crippen LogP contribution in [0.5, 0.6) is 0 Å². The molecule has 0 saturated heterocycles. The monoisotopic (exact) mass is 366 g/mol. The quantitative estimate of drug-likeness (QED) is 0.706. The van der Waals surface area contributed by atoms with Gasteiger partial charge in [0.15, 0.2) is 0 Å². The van der Waals surface area contributed by atoms with Gasteiger partial charge in [0.1, 0.15) is 0 Å². The third kappa shape index (κ3) is 6.89. The van der Waals surface area contributed by atoms with E-state index in [1.54, 1.807) is 11.8 Å². The molecule has 0 aliphatic rings.